The number of phenols is 2. The number of aromatic hydroxyl groups is 2. The van der Waals surface area contributed by atoms with Crippen LogP contribution in [0.2, 0.25) is 0 Å². The van der Waals surface area contributed by atoms with E-state index in [9.17, 15) is 4.55 Å². The summed E-state index contributed by atoms with van der Waals surface area (Å²) in [5, 5.41) is 17.3. The summed E-state index contributed by atoms with van der Waals surface area (Å²) in [4.78, 5) is 0. The maximum atomic E-state index is 9.56. The molecule has 0 bridgehead atoms. The SMILES string of the molecule is C[S+](C)[O-].Oc1ccccc1O. The van der Waals surface area contributed by atoms with Gasteiger partial charge >= 0.3 is 0 Å². The van der Waals surface area contributed by atoms with E-state index in [2.05, 4.69) is 0 Å². The molecule has 0 aromatic heterocycles. The molecule has 4 heteroatoms. The summed E-state index contributed by atoms with van der Waals surface area (Å²) in [7, 11) is 0. The minimum absolute atomic E-state index is 0.0764. The molecule has 1 aromatic carbocycles. The third-order valence-electron chi connectivity index (χ3n) is 0.882. The Labute approximate surface area is 74.8 Å². The first kappa shape index (κ1) is 11.1. The molecule has 1 aromatic rings. The molecule has 0 spiro atoms. The second kappa shape index (κ2) is 5.74. The molecule has 0 amide bonds. The summed E-state index contributed by atoms with van der Waals surface area (Å²) in [5.74, 6) is -0.153. The van der Waals surface area contributed by atoms with Crippen molar-refractivity contribution in [2.24, 2.45) is 0 Å². The fourth-order valence-corrected chi connectivity index (χ4v) is 0.464. The third kappa shape index (κ3) is 5.88. The first-order chi connectivity index (χ1) is 5.54. The average molecular weight is 188 g/mol. The van der Waals surface area contributed by atoms with E-state index in [0.29, 0.717) is 0 Å². The van der Waals surface area contributed by atoms with Gasteiger partial charge in [-0.05, 0) is 12.1 Å². The van der Waals surface area contributed by atoms with Crippen LogP contribution >= 0.6 is 0 Å². The summed E-state index contributed by atoms with van der Waals surface area (Å²) < 4.78 is 9.56. The van der Waals surface area contributed by atoms with E-state index < -0.39 is 11.2 Å². The molecule has 0 aliphatic rings. The van der Waals surface area contributed by atoms with Gasteiger partial charge in [-0.2, -0.15) is 0 Å². The van der Waals surface area contributed by atoms with Gasteiger partial charge < -0.3 is 14.8 Å². The summed E-state index contributed by atoms with van der Waals surface area (Å²) in [5.41, 5.74) is 0. The lowest BCUT2D eigenvalue weighted by Crippen LogP contribution is -1.86. The Morgan fingerprint density at radius 2 is 1.33 bits per heavy atom. The Bertz CT molecular complexity index is 202. The molecular weight excluding hydrogens is 176 g/mol. The van der Waals surface area contributed by atoms with Crippen molar-refractivity contribution in [1.82, 2.24) is 0 Å². The largest absolute Gasteiger partial charge is 0.617 e. The van der Waals surface area contributed by atoms with Crippen LogP contribution in [-0.2, 0) is 11.2 Å². The molecule has 3 nitrogen and oxygen atoms in total. The fourth-order valence-electron chi connectivity index (χ4n) is 0.464. The molecular formula is C8H12O3S. The zero-order valence-electron chi connectivity index (χ0n) is 7.02. The summed E-state index contributed by atoms with van der Waals surface area (Å²) in [6.07, 6.45) is 3.28. The Kier molecular flexibility index (Phi) is 5.32. The minimum Gasteiger partial charge on any atom is -0.617 e. The van der Waals surface area contributed by atoms with Gasteiger partial charge in [0.05, 0.1) is 12.5 Å². The maximum absolute atomic E-state index is 9.56. The van der Waals surface area contributed by atoms with Crippen molar-refractivity contribution >= 4 is 11.2 Å². The molecule has 12 heavy (non-hydrogen) atoms. The Morgan fingerprint density at radius 3 is 1.50 bits per heavy atom. The van der Waals surface area contributed by atoms with Crippen molar-refractivity contribution in [3.63, 3.8) is 0 Å². The van der Waals surface area contributed by atoms with E-state index in [0.717, 1.165) is 0 Å². The molecule has 0 heterocycles. The quantitative estimate of drug-likeness (QED) is 0.473. The van der Waals surface area contributed by atoms with Gasteiger partial charge in [-0.3, -0.25) is 0 Å². The van der Waals surface area contributed by atoms with Gasteiger partial charge in [0.2, 0.25) is 0 Å². The number of hydrogen-bond acceptors (Lipinski definition) is 3. The fraction of sp³-hybridized carbons (Fsp3) is 0.250. The van der Waals surface area contributed by atoms with Gasteiger partial charge in [0.1, 0.15) is 0 Å². The van der Waals surface area contributed by atoms with Crippen molar-refractivity contribution in [1.29, 1.82) is 0 Å². The topological polar surface area (TPSA) is 63.5 Å². The number of para-hydroxylation sites is 2. The Morgan fingerprint density at radius 1 is 1.08 bits per heavy atom. The normalized spacial score (nSPS) is 9.00. The van der Waals surface area contributed by atoms with Crippen LogP contribution in [0.1, 0.15) is 0 Å². The van der Waals surface area contributed by atoms with Crippen LogP contribution in [0.3, 0.4) is 0 Å². The standard InChI is InChI=1S/C6H6O2.C2H6OS/c7-5-3-1-2-4-6(5)8;1-4(2)3/h1-4,7-8H;1-2H3. The van der Waals surface area contributed by atoms with Gasteiger partial charge in [0.25, 0.3) is 0 Å². The zero-order chi connectivity index (χ0) is 9.56. The first-order valence-electron chi connectivity index (χ1n) is 3.26. The molecule has 68 valence electrons. The Balaban J connectivity index is 0.000000261. The second-order valence-corrected chi connectivity index (χ2v) is 3.71. The van der Waals surface area contributed by atoms with E-state index in [4.69, 9.17) is 10.2 Å². The predicted molar refractivity (Wildman–Crippen MR) is 49.8 cm³/mol. The van der Waals surface area contributed by atoms with Crippen molar-refractivity contribution in [3.05, 3.63) is 24.3 Å². The smallest absolute Gasteiger partial charge is 0.157 e. The molecule has 0 atom stereocenters. The molecule has 0 saturated heterocycles. The first-order valence-corrected chi connectivity index (χ1v) is 5.22. The van der Waals surface area contributed by atoms with Gasteiger partial charge in [0, 0.05) is 0 Å². The van der Waals surface area contributed by atoms with Gasteiger partial charge in [0.15, 0.2) is 11.5 Å². The van der Waals surface area contributed by atoms with Gasteiger partial charge in [-0.1, -0.05) is 23.3 Å². The third-order valence-corrected chi connectivity index (χ3v) is 0.882. The average Bonchev–Trinajstić information content (AvgIpc) is 1.94. The lowest BCUT2D eigenvalue weighted by atomic mass is 10.3. The van der Waals surface area contributed by atoms with Crippen molar-refractivity contribution < 1.29 is 14.8 Å². The summed E-state index contributed by atoms with van der Waals surface area (Å²) in [6, 6.07) is 6.15. The van der Waals surface area contributed by atoms with E-state index in [-0.39, 0.29) is 11.5 Å². The minimum atomic E-state index is -0.611. The number of phenolic OH excluding ortho intramolecular Hbond substituents is 2. The lowest BCUT2D eigenvalue weighted by Gasteiger charge is -1.91. The highest BCUT2D eigenvalue weighted by Crippen LogP contribution is 2.21. The van der Waals surface area contributed by atoms with Crippen LogP contribution in [0.25, 0.3) is 0 Å². The summed E-state index contributed by atoms with van der Waals surface area (Å²) >= 11 is -0.611. The van der Waals surface area contributed by atoms with Crippen molar-refractivity contribution in [2.75, 3.05) is 12.5 Å². The van der Waals surface area contributed by atoms with Crippen LogP contribution in [0, 0.1) is 0 Å². The van der Waals surface area contributed by atoms with Crippen LogP contribution < -0.4 is 0 Å². The molecule has 1 rings (SSSR count). The van der Waals surface area contributed by atoms with Crippen molar-refractivity contribution in [2.45, 2.75) is 0 Å². The van der Waals surface area contributed by atoms with Crippen molar-refractivity contribution in [3.8, 4) is 11.5 Å². The number of benzene rings is 1. The molecule has 0 aliphatic carbocycles. The van der Waals surface area contributed by atoms with Crippen LogP contribution in [-0.4, -0.2) is 27.3 Å². The molecule has 0 unspecified atom stereocenters. The highest BCUT2D eigenvalue weighted by Gasteiger charge is 1.90. The zero-order valence-corrected chi connectivity index (χ0v) is 7.84. The number of rotatable bonds is 0. The van der Waals surface area contributed by atoms with E-state index >= 15 is 0 Å². The molecule has 2 N–H and O–H groups in total. The Hall–Kier alpha value is -0.870. The molecule has 0 aliphatic heterocycles. The van der Waals surface area contributed by atoms with E-state index in [1.54, 1.807) is 24.6 Å². The van der Waals surface area contributed by atoms with E-state index in [1.807, 2.05) is 0 Å². The highest BCUT2D eigenvalue weighted by molar-refractivity contribution is 7.89. The molecule has 0 radical (unpaired) electrons. The van der Waals surface area contributed by atoms with Gasteiger partial charge in [-0.25, -0.2) is 0 Å². The number of hydrogen-bond donors (Lipinski definition) is 2. The van der Waals surface area contributed by atoms with Crippen LogP contribution in [0.4, 0.5) is 0 Å². The molecule has 0 saturated carbocycles. The second-order valence-electron chi connectivity index (χ2n) is 2.23. The van der Waals surface area contributed by atoms with Gasteiger partial charge in [-0.15, -0.1) is 0 Å². The highest BCUT2D eigenvalue weighted by atomic mass is 32.2. The lowest BCUT2D eigenvalue weighted by molar-refractivity contribution is 0.404. The predicted octanol–water partition coefficient (Wildman–Crippen LogP) is 1.09. The van der Waals surface area contributed by atoms with Crippen LogP contribution in [0.15, 0.2) is 24.3 Å². The molecule has 0 fully saturated rings. The summed E-state index contributed by atoms with van der Waals surface area (Å²) in [6.45, 7) is 0. The van der Waals surface area contributed by atoms with E-state index in [1.165, 1.54) is 12.1 Å². The maximum Gasteiger partial charge on any atom is 0.157 e. The van der Waals surface area contributed by atoms with Crippen LogP contribution in [0.5, 0.6) is 11.5 Å². The monoisotopic (exact) mass is 188 g/mol.